The number of ether oxygens (including phenoxy) is 1. The molecule has 0 aliphatic carbocycles. The van der Waals surface area contributed by atoms with Gasteiger partial charge in [0.2, 0.25) is 0 Å². The van der Waals surface area contributed by atoms with Gasteiger partial charge in [0.05, 0.1) is 24.8 Å². The maximum absolute atomic E-state index is 13.2. The molecule has 4 nitrogen and oxygen atoms in total. The Morgan fingerprint density at radius 1 is 1.15 bits per heavy atom. The van der Waals surface area contributed by atoms with E-state index in [2.05, 4.69) is 35.2 Å². The molecule has 0 saturated carbocycles. The van der Waals surface area contributed by atoms with Crippen LogP contribution in [0.2, 0.25) is 0 Å². The fraction of sp³-hybridized carbons (Fsp3) is 0.391. The predicted molar refractivity (Wildman–Crippen MR) is 103 cm³/mol. The Morgan fingerprint density at radius 3 is 2.48 bits per heavy atom. The van der Waals surface area contributed by atoms with Gasteiger partial charge in [0.1, 0.15) is 0 Å². The smallest absolute Gasteiger partial charge is 0.166 e. The van der Waals surface area contributed by atoms with Crippen molar-refractivity contribution in [3.8, 4) is 6.07 Å². The molecule has 0 amide bonds. The van der Waals surface area contributed by atoms with Crippen LogP contribution >= 0.6 is 0 Å². The second-order valence-electron chi connectivity index (χ2n) is 7.68. The van der Waals surface area contributed by atoms with E-state index in [0.717, 1.165) is 30.5 Å². The summed E-state index contributed by atoms with van der Waals surface area (Å²) in [7, 11) is 0. The van der Waals surface area contributed by atoms with Crippen molar-refractivity contribution in [2.45, 2.75) is 38.4 Å². The Morgan fingerprint density at radius 2 is 1.85 bits per heavy atom. The number of carbonyl (C=O) groups is 1. The van der Waals surface area contributed by atoms with Gasteiger partial charge in [-0.2, -0.15) is 5.26 Å². The first kappa shape index (κ1) is 17.9. The summed E-state index contributed by atoms with van der Waals surface area (Å²) in [5.74, 6) is 0.246. The SMILES string of the molecule is Cc1cc(C#N)ccc1C(=O)C1CC2COCC(C1)N2Cc1ccccc1. The van der Waals surface area contributed by atoms with E-state index in [9.17, 15) is 4.79 Å². The minimum atomic E-state index is 0.0301. The summed E-state index contributed by atoms with van der Waals surface area (Å²) in [6.07, 6.45) is 1.67. The van der Waals surface area contributed by atoms with Crippen LogP contribution in [0.3, 0.4) is 0 Å². The Labute approximate surface area is 160 Å². The van der Waals surface area contributed by atoms with Crippen LogP contribution in [0.1, 0.15) is 39.9 Å². The quantitative estimate of drug-likeness (QED) is 0.780. The van der Waals surface area contributed by atoms with Crippen LogP contribution < -0.4 is 0 Å². The van der Waals surface area contributed by atoms with Gasteiger partial charge in [-0.15, -0.1) is 0 Å². The Hall–Kier alpha value is -2.48. The van der Waals surface area contributed by atoms with Gasteiger partial charge in [0.25, 0.3) is 0 Å². The van der Waals surface area contributed by atoms with Crippen molar-refractivity contribution in [3.63, 3.8) is 0 Å². The average Bonchev–Trinajstić information content (AvgIpc) is 2.68. The molecule has 2 aliphatic rings. The molecule has 2 fully saturated rings. The normalized spacial score (nSPS) is 25.0. The highest BCUT2D eigenvalue weighted by molar-refractivity contribution is 5.99. The molecule has 2 heterocycles. The van der Waals surface area contributed by atoms with Crippen LogP contribution in [-0.2, 0) is 11.3 Å². The molecule has 4 heteroatoms. The maximum atomic E-state index is 13.2. The molecule has 2 saturated heterocycles. The van der Waals surface area contributed by atoms with E-state index in [1.54, 1.807) is 6.07 Å². The van der Waals surface area contributed by atoms with Crippen LogP contribution in [0, 0.1) is 24.2 Å². The number of benzene rings is 2. The van der Waals surface area contributed by atoms with Crippen LogP contribution in [0.4, 0.5) is 0 Å². The van der Waals surface area contributed by atoms with E-state index >= 15 is 0 Å². The molecular weight excluding hydrogens is 336 g/mol. The lowest BCUT2D eigenvalue weighted by molar-refractivity contribution is -0.0872. The first-order chi connectivity index (χ1) is 13.2. The molecule has 0 spiro atoms. The second kappa shape index (κ2) is 7.64. The van der Waals surface area contributed by atoms with Crippen molar-refractivity contribution < 1.29 is 9.53 Å². The summed E-state index contributed by atoms with van der Waals surface area (Å²) < 4.78 is 5.80. The highest BCUT2D eigenvalue weighted by Gasteiger charge is 2.41. The maximum Gasteiger partial charge on any atom is 0.166 e. The third kappa shape index (κ3) is 3.66. The number of fused-ring (bicyclic) bond motifs is 2. The molecule has 2 aliphatic heterocycles. The third-order valence-corrected chi connectivity index (χ3v) is 5.87. The first-order valence-electron chi connectivity index (χ1n) is 9.58. The van der Waals surface area contributed by atoms with Gasteiger partial charge >= 0.3 is 0 Å². The van der Waals surface area contributed by atoms with E-state index < -0.39 is 0 Å². The van der Waals surface area contributed by atoms with Crippen molar-refractivity contribution in [2.24, 2.45) is 5.92 Å². The summed E-state index contributed by atoms with van der Waals surface area (Å²) in [6, 6.07) is 18.6. The van der Waals surface area contributed by atoms with Gasteiger partial charge < -0.3 is 4.74 Å². The van der Waals surface area contributed by atoms with Gasteiger partial charge in [-0.05, 0) is 49.1 Å². The van der Waals surface area contributed by atoms with E-state index in [1.165, 1.54) is 5.56 Å². The molecule has 2 bridgehead atoms. The predicted octanol–water partition coefficient (Wildman–Crippen LogP) is 3.73. The standard InChI is InChI=1S/C23H24N2O2/c1-16-9-18(12-24)7-8-22(16)23(26)19-10-20-14-27-15-21(11-19)25(20)13-17-5-3-2-4-6-17/h2-9,19-21H,10-11,13-15H2,1H3. The molecule has 27 heavy (non-hydrogen) atoms. The van der Waals surface area contributed by atoms with Gasteiger partial charge in [0.15, 0.2) is 5.78 Å². The van der Waals surface area contributed by atoms with Crippen molar-refractivity contribution >= 4 is 5.78 Å². The zero-order valence-electron chi connectivity index (χ0n) is 15.6. The molecule has 2 atom stereocenters. The molecule has 0 radical (unpaired) electrons. The van der Waals surface area contributed by atoms with Gasteiger partial charge in [-0.25, -0.2) is 0 Å². The van der Waals surface area contributed by atoms with Crippen LogP contribution in [0.25, 0.3) is 0 Å². The lowest BCUT2D eigenvalue weighted by atomic mass is 9.79. The zero-order chi connectivity index (χ0) is 18.8. The fourth-order valence-electron chi connectivity index (χ4n) is 4.49. The molecule has 0 N–H and O–H groups in total. The van der Waals surface area contributed by atoms with Crippen LogP contribution in [-0.4, -0.2) is 36.0 Å². The van der Waals surface area contributed by atoms with Crippen molar-refractivity contribution in [1.29, 1.82) is 5.26 Å². The second-order valence-corrected chi connectivity index (χ2v) is 7.68. The van der Waals surface area contributed by atoms with E-state index in [1.807, 2.05) is 25.1 Å². The van der Waals surface area contributed by atoms with E-state index in [0.29, 0.717) is 18.8 Å². The van der Waals surface area contributed by atoms with Crippen LogP contribution in [0.15, 0.2) is 48.5 Å². The zero-order valence-corrected chi connectivity index (χ0v) is 15.6. The topological polar surface area (TPSA) is 53.3 Å². The highest BCUT2D eigenvalue weighted by atomic mass is 16.5. The van der Waals surface area contributed by atoms with Crippen LogP contribution in [0.5, 0.6) is 0 Å². The highest BCUT2D eigenvalue weighted by Crippen LogP contribution is 2.35. The number of Topliss-reactive ketones (excluding diaryl/α,β-unsaturated/α-hetero) is 1. The number of hydrogen-bond donors (Lipinski definition) is 0. The lowest BCUT2D eigenvalue weighted by Crippen LogP contribution is -2.57. The molecule has 2 aromatic rings. The van der Waals surface area contributed by atoms with Crippen molar-refractivity contribution in [1.82, 2.24) is 4.90 Å². The minimum Gasteiger partial charge on any atom is -0.378 e. The number of piperidine rings is 1. The average molecular weight is 360 g/mol. The summed E-state index contributed by atoms with van der Waals surface area (Å²) in [5, 5.41) is 9.05. The van der Waals surface area contributed by atoms with Crippen molar-refractivity contribution in [2.75, 3.05) is 13.2 Å². The van der Waals surface area contributed by atoms with E-state index in [-0.39, 0.29) is 23.8 Å². The summed E-state index contributed by atoms with van der Waals surface area (Å²) in [4.78, 5) is 15.7. The number of hydrogen-bond acceptors (Lipinski definition) is 4. The van der Waals surface area contributed by atoms with E-state index in [4.69, 9.17) is 10.00 Å². The Bertz CT molecular complexity index is 858. The largest absolute Gasteiger partial charge is 0.378 e. The summed E-state index contributed by atoms with van der Waals surface area (Å²) in [6.45, 7) is 4.22. The van der Waals surface area contributed by atoms with Crippen molar-refractivity contribution in [3.05, 3.63) is 70.8 Å². The molecule has 138 valence electrons. The summed E-state index contributed by atoms with van der Waals surface area (Å²) >= 11 is 0. The number of nitrogens with zero attached hydrogens (tertiary/aromatic N) is 2. The Balaban J connectivity index is 1.51. The molecule has 2 aromatic carbocycles. The molecule has 4 rings (SSSR count). The number of carbonyl (C=O) groups excluding carboxylic acids is 1. The van der Waals surface area contributed by atoms with Gasteiger partial charge in [-0.3, -0.25) is 9.69 Å². The monoisotopic (exact) mass is 360 g/mol. The minimum absolute atomic E-state index is 0.0301. The Kier molecular flexibility index (Phi) is 5.07. The lowest BCUT2D eigenvalue weighted by Gasteiger charge is -2.48. The van der Waals surface area contributed by atoms with Gasteiger partial charge in [0, 0.05) is 30.1 Å². The molecule has 0 aromatic heterocycles. The first-order valence-corrected chi connectivity index (χ1v) is 9.58. The number of ketones is 1. The summed E-state index contributed by atoms with van der Waals surface area (Å²) in [5.41, 5.74) is 3.57. The number of aryl methyl sites for hydroxylation is 1. The number of nitriles is 1. The number of morpholine rings is 1. The van der Waals surface area contributed by atoms with Gasteiger partial charge in [-0.1, -0.05) is 30.3 Å². The molecule has 2 unspecified atom stereocenters. The number of rotatable bonds is 4. The fourth-order valence-corrected chi connectivity index (χ4v) is 4.49. The molecular formula is C23H24N2O2. The third-order valence-electron chi connectivity index (χ3n) is 5.87.